The minimum absolute atomic E-state index is 0.473. The molecule has 0 saturated carbocycles. The minimum atomic E-state index is 0.473. The molecule has 1 fully saturated rings. The number of rotatable bonds is 4. The van der Waals surface area contributed by atoms with E-state index in [2.05, 4.69) is 57.5 Å². The Hall–Kier alpha value is -1.79. The fourth-order valence-corrected chi connectivity index (χ4v) is 4.38. The van der Waals surface area contributed by atoms with E-state index in [1.165, 1.54) is 6.54 Å². The maximum Gasteiger partial charge on any atom is 0.104 e. The van der Waals surface area contributed by atoms with Crippen LogP contribution in [-0.4, -0.2) is 44.3 Å². The van der Waals surface area contributed by atoms with Crippen molar-refractivity contribution in [2.75, 3.05) is 19.6 Å². The summed E-state index contributed by atoms with van der Waals surface area (Å²) in [6, 6.07) is 6.44. The summed E-state index contributed by atoms with van der Waals surface area (Å²) in [5, 5.41) is 4.82. The maximum absolute atomic E-state index is 4.84. The highest BCUT2D eigenvalue weighted by molar-refractivity contribution is 9.10. The van der Waals surface area contributed by atoms with Gasteiger partial charge < -0.3 is 4.90 Å². The van der Waals surface area contributed by atoms with Gasteiger partial charge in [-0.3, -0.25) is 9.67 Å². The van der Waals surface area contributed by atoms with Crippen LogP contribution in [0.3, 0.4) is 0 Å². The first-order valence-corrected chi connectivity index (χ1v) is 10.5. The van der Waals surface area contributed by atoms with Crippen LogP contribution in [0.25, 0.3) is 22.3 Å². The third-order valence-electron chi connectivity index (χ3n) is 5.27. The van der Waals surface area contributed by atoms with E-state index < -0.39 is 0 Å². The van der Waals surface area contributed by atoms with Gasteiger partial charge in [0.25, 0.3) is 0 Å². The smallest absolute Gasteiger partial charge is 0.104 e. The Balaban J connectivity index is 1.56. The molecular weight excluding hydrogens is 402 g/mol. The van der Waals surface area contributed by atoms with E-state index in [4.69, 9.17) is 10.1 Å². The second-order valence-corrected chi connectivity index (χ2v) is 8.75. The highest BCUT2D eigenvalue weighted by Crippen LogP contribution is 2.29. The van der Waals surface area contributed by atoms with Crippen LogP contribution in [-0.2, 0) is 0 Å². The largest absolute Gasteiger partial charge is 0.303 e. The van der Waals surface area contributed by atoms with Crippen molar-refractivity contribution < 1.29 is 0 Å². The number of piperidine rings is 1. The lowest BCUT2D eigenvalue weighted by Crippen LogP contribution is -2.37. The molecule has 0 radical (unpaired) electrons. The number of aryl methyl sites for hydroxylation is 1. The van der Waals surface area contributed by atoms with Crippen LogP contribution < -0.4 is 0 Å². The Morgan fingerprint density at radius 2 is 2.00 bits per heavy atom. The number of para-hydroxylation sites is 1. The first kappa shape index (κ1) is 18.6. The Bertz CT molecular complexity index is 941. The molecule has 1 aromatic carbocycles. The summed E-state index contributed by atoms with van der Waals surface area (Å²) in [6.07, 6.45) is 6.32. The molecule has 0 aliphatic carbocycles. The van der Waals surface area contributed by atoms with Gasteiger partial charge in [-0.15, -0.1) is 0 Å². The molecule has 1 aliphatic heterocycles. The quantitative estimate of drug-likeness (QED) is 0.596. The van der Waals surface area contributed by atoms with Crippen molar-refractivity contribution >= 4 is 27.0 Å². The highest BCUT2D eigenvalue weighted by atomic mass is 79.9. The van der Waals surface area contributed by atoms with Gasteiger partial charge in [0.1, 0.15) is 5.52 Å². The molecule has 0 bridgehead atoms. The second-order valence-electron chi connectivity index (χ2n) is 7.90. The van der Waals surface area contributed by atoms with E-state index in [-0.39, 0.29) is 0 Å². The number of hydrogen-bond acceptors (Lipinski definition) is 4. The standard InChI is InChI=1S/C21H26BrN5/c1-14(2)12-26-9-7-16(8-10-26)27-13-17(15(3)25-27)20-11-23-19-6-4-5-18(22)21(19)24-20/h4-6,11,13-14,16H,7-10,12H2,1-3H3. The number of benzene rings is 1. The molecule has 0 unspecified atom stereocenters. The first-order valence-electron chi connectivity index (χ1n) is 9.71. The van der Waals surface area contributed by atoms with Gasteiger partial charge in [0.05, 0.1) is 29.1 Å². The van der Waals surface area contributed by atoms with Gasteiger partial charge in [-0.2, -0.15) is 5.10 Å². The van der Waals surface area contributed by atoms with E-state index >= 15 is 0 Å². The third-order valence-corrected chi connectivity index (χ3v) is 5.91. The Morgan fingerprint density at radius 1 is 1.22 bits per heavy atom. The summed E-state index contributed by atoms with van der Waals surface area (Å²) in [5.41, 5.74) is 4.76. The molecule has 3 aromatic rings. The molecule has 27 heavy (non-hydrogen) atoms. The highest BCUT2D eigenvalue weighted by Gasteiger charge is 2.23. The summed E-state index contributed by atoms with van der Waals surface area (Å²) >= 11 is 3.58. The number of aromatic nitrogens is 4. The summed E-state index contributed by atoms with van der Waals surface area (Å²) in [7, 11) is 0. The Kier molecular flexibility index (Phi) is 5.28. The van der Waals surface area contributed by atoms with Crippen molar-refractivity contribution in [3.63, 3.8) is 0 Å². The predicted molar refractivity (Wildman–Crippen MR) is 113 cm³/mol. The summed E-state index contributed by atoms with van der Waals surface area (Å²) in [4.78, 5) is 12.0. The maximum atomic E-state index is 4.84. The fourth-order valence-electron chi connectivity index (χ4n) is 3.93. The average Bonchev–Trinajstić information content (AvgIpc) is 3.04. The number of hydrogen-bond donors (Lipinski definition) is 0. The molecule has 0 N–H and O–H groups in total. The van der Waals surface area contributed by atoms with Crippen molar-refractivity contribution in [3.05, 3.63) is 40.8 Å². The van der Waals surface area contributed by atoms with E-state index in [0.717, 1.165) is 64.3 Å². The molecule has 0 atom stereocenters. The van der Waals surface area contributed by atoms with Crippen molar-refractivity contribution in [2.24, 2.45) is 5.92 Å². The zero-order chi connectivity index (χ0) is 19.0. The summed E-state index contributed by atoms with van der Waals surface area (Å²) in [6.45, 7) is 10.1. The van der Waals surface area contributed by atoms with Crippen molar-refractivity contribution in [1.29, 1.82) is 0 Å². The SMILES string of the molecule is Cc1nn(C2CCN(CC(C)C)CC2)cc1-c1cnc2cccc(Br)c2n1. The van der Waals surface area contributed by atoms with Gasteiger partial charge in [0.15, 0.2) is 0 Å². The molecular formula is C21H26BrN5. The second kappa shape index (κ2) is 7.68. The molecule has 0 amide bonds. The number of fused-ring (bicyclic) bond motifs is 1. The first-order chi connectivity index (χ1) is 13.0. The average molecular weight is 428 g/mol. The lowest BCUT2D eigenvalue weighted by atomic mass is 10.0. The van der Waals surface area contributed by atoms with Crippen molar-refractivity contribution in [1.82, 2.24) is 24.6 Å². The molecule has 5 nitrogen and oxygen atoms in total. The molecule has 0 spiro atoms. The number of halogens is 1. The summed E-state index contributed by atoms with van der Waals surface area (Å²) in [5.74, 6) is 0.728. The van der Waals surface area contributed by atoms with Gasteiger partial charge >= 0.3 is 0 Å². The van der Waals surface area contributed by atoms with Crippen LogP contribution in [0.5, 0.6) is 0 Å². The minimum Gasteiger partial charge on any atom is -0.303 e. The molecule has 1 aliphatic rings. The van der Waals surface area contributed by atoms with Crippen LogP contribution in [0.15, 0.2) is 35.1 Å². The normalized spacial score (nSPS) is 16.5. The fraction of sp³-hybridized carbons (Fsp3) is 0.476. The van der Waals surface area contributed by atoms with Crippen molar-refractivity contribution in [3.8, 4) is 11.3 Å². The number of nitrogens with zero attached hydrogens (tertiary/aromatic N) is 5. The van der Waals surface area contributed by atoms with E-state index in [0.29, 0.717) is 6.04 Å². The van der Waals surface area contributed by atoms with Gasteiger partial charge in [-0.25, -0.2) is 4.98 Å². The van der Waals surface area contributed by atoms with Gasteiger partial charge in [0.2, 0.25) is 0 Å². The Morgan fingerprint density at radius 3 is 2.74 bits per heavy atom. The third kappa shape index (κ3) is 3.92. The zero-order valence-corrected chi connectivity index (χ0v) is 17.8. The van der Waals surface area contributed by atoms with Gasteiger partial charge in [0, 0.05) is 35.9 Å². The van der Waals surface area contributed by atoms with Crippen molar-refractivity contribution in [2.45, 2.75) is 39.7 Å². The summed E-state index contributed by atoms with van der Waals surface area (Å²) < 4.78 is 3.13. The Labute approximate surface area is 168 Å². The van der Waals surface area contributed by atoms with Crippen LogP contribution in [0.2, 0.25) is 0 Å². The molecule has 6 heteroatoms. The van der Waals surface area contributed by atoms with Crippen LogP contribution in [0, 0.1) is 12.8 Å². The monoisotopic (exact) mass is 427 g/mol. The van der Waals surface area contributed by atoms with Crippen LogP contribution in [0.4, 0.5) is 0 Å². The van der Waals surface area contributed by atoms with E-state index in [9.17, 15) is 0 Å². The van der Waals surface area contributed by atoms with E-state index in [1.54, 1.807) is 0 Å². The molecule has 1 saturated heterocycles. The molecule has 142 valence electrons. The lowest BCUT2D eigenvalue weighted by molar-refractivity contribution is 0.164. The van der Waals surface area contributed by atoms with Crippen LogP contribution >= 0.6 is 15.9 Å². The van der Waals surface area contributed by atoms with E-state index in [1.807, 2.05) is 24.4 Å². The van der Waals surface area contributed by atoms with Gasteiger partial charge in [-0.05, 0) is 53.7 Å². The number of likely N-dealkylation sites (tertiary alicyclic amines) is 1. The molecule has 4 rings (SSSR count). The van der Waals surface area contributed by atoms with Gasteiger partial charge in [-0.1, -0.05) is 19.9 Å². The molecule has 2 aromatic heterocycles. The topological polar surface area (TPSA) is 46.8 Å². The predicted octanol–water partition coefficient (Wildman–Crippen LogP) is 4.86. The van der Waals surface area contributed by atoms with Crippen LogP contribution in [0.1, 0.15) is 38.4 Å². The molecule has 3 heterocycles. The lowest BCUT2D eigenvalue weighted by Gasteiger charge is -2.33. The zero-order valence-electron chi connectivity index (χ0n) is 16.2.